The van der Waals surface area contributed by atoms with Gasteiger partial charge in [0, 0.05) is 29.2 Å². The fraction of sp³-hybridized carbons (Fsp3) is 0.207. The molecule has 182 valence electrons. The standard InChI is InChI=1S/C29H27N3O4/c1-19-10-12-22(13-11-19)32-27(33)17-26(29(32)35)31(28(34)20-6-5-7-23(16-20)36-2)15-14-21-18-30-25-9-4-3-8-24(21)25/h3-13,16,18,26,30H,14-15,17H2,1-2H3. The highest BCUT2D eigenvalue weighted by atomic mass is 16.5. The number of anilines is 1. The molecule has 2 heterocycles. The van der Waals surface area contributed by atoms with Crippen LogP contribution in [-0.4, -0.2) is 47.3 Å². The van der Waals surface area contributed by atoms with Crippen molar-refractivity contribution < 1.29 is 19.1 Å². The number of aromatic nitrogens is 1. The second kappa shape index (κ2) is 9.70. The van der Waals surface area contributed by atoms with Crippen LogP contribution in [0.25, 0.3) is 10.9 Å². The van der Waals surface area contributed by atoms with E-state index in [4.69, 9.17) is 4.74 Å². The largest absolute Gasteiger partial charge is 0.497 e. The number of rotatable bonds is 7. The van der Waals surface area contributed by atoms with E-state index in [-0.39, 0.29) is 30.7 Å². The van der Waals surface area contributed by atoms with Gasteiger partial charge in [-0.2, -0.15) is 0 Å². The summed E-state index contributed by atoms with van der Waals surface area (Å²) in [5.74, 6) is -0.471. The third-order valence-corrected chi connectivity index (χ3v) is 6.67. The normalized spacial score (nSPS) is 15.5. The molecule has 1 aromatic heterocycles. The van der Waals surface area contributed by atoms with E-state index in [9.17, 15) is 14.4 Å². The van der Waals surface area contributed by atoms with E-state index in [1.807, 2.05) is 49.5 Å². The molecule has 3 amide bonds. The zero-order chi connectivity index (χ0) is 25.2. The average Bonchev–Trinajstić information content (AvgIpc) is 3.45. The molecular formula is C29H27N3O4. The number of aromatic amines is 1. The first-order chi connectivity index (χ1) is 17.5. The molecule has 5 rings (SSSR count). The summed E-state index contributed by atoms with van der Waals surface area (Å²) in [7, 11) is 1.54. The molecule has 0 aliphatic carbocycles. The molecule has 1 fully saturated rings. The highest BCUT2D eigenvalue weighted by Gasteiger charge is 2.44. The molecule has 0 saturated carbocycles. The third-order valence-electron chi connectivity index (χ3n) is 6.67. The first-order valence-corrected chi connectivity index (χ1v) is 11.9. The van der Waals surface area contributed by atoms with Crippen molar-refractivity contribution in [2.75, 3.05) is 18.6 Å². The summed E-state index contributed by atoms with van der Waals surface area (Å²) in [6.45, 7) is 2.22. The molecule has 3 aromatic carbocycles. The van der Waals surface area contributed by atoms with Crippen molar-refractivity contribution in [1.29, 1.82) is 0 Å². The number of para-hydroxylation sites is 1. The molecule has 1 atom stereocenters. The Labute approximate surface area is 209 Å². The van der Waals surface area contributed by atoms with E-state index in [0.717, 1.165) is 22.0 Å². The summed E-state index contributed by atoms with van der Waals surface area (Å²) in [5.41, 5.74) is 4.01. The van der Waals surface area contributed by atoms with Crippen molar-refractivity contribution in [3.05, 3.63) is 95.7 Å². The van der Waals surface area contributed by atoms with Crippen LogP contribution in [0.15, 0.2) is 79.0 Å². The first kappa shape index (κ1) is 23.4. The number of nitrogens with zero attached hydrogens (tertiary/aromatic N) is 2. The minimum Gasteiger partial charge on any atom is -0.497 e. The minimum atomic E-state index is -0.886. The second-order valence-corrected chi connectivity index (χ2v) is 8.96. The molecule has 1 aliphatic heterocycles. The number of carbonyl (C=O) groups is 3. The van der Waals surface area contributed by atoms with E-state index in [1.54, 1.807) is 36.4 Å². The molecular weight excluding hydrogens is 454 g/mol. The van der Waals surface area contributed by atoms with Crippen LogP contribution in [-0.2, 0) is 16.0 Å². The molecule has 0 spiro atoms. The SMILES string of the molecule is COc1cccc(C(=O)N(CCc2c[nH]c3ccccc23)C2CC(=O)N(c3ccc(C)cc3)C2=O)c1. The van der Waals surface area contributed by atoms with E-state index in [0.29, 0.717) is 23.4 Å². The Morgan fingerprint density at radius 3 is 2.61 bits per heavy atom. The second-order valence-electron chi connectivity index (χ2n) is 8.96. The van der Waals surface area contributed by atoms with Crippen molar-refractivity contribution in [1.82, 2.24) is 9.88 Å². The Morgan fingerprint density at radius 1 is 1.06 bits per heavy atom. The molecule has 36 heavy (non-hydrogen) atoms. The van der Waals surface area contributed by atoms with Crippen LogP contribution in [0.4, 0.5) is 5.69 Å². The minimum absolute atomic E-state index is 0.0592. The van der Waals surface area contributed by atoms with Crippen molar-refractivity contribution in [3.63, 3.8) is 0 Å². The maximum atomic E-state index is 13.7. The fourth-order valence-corrected chi connectivity index (χ4v) is 4.72. The Kier molecular flexibility index (Phi) is 6.29. The van der Waals surface area contributed by atoms with Gasteiger partial charge in [0.05, 0.1) is 19.2 Å². The molecule has 1 aliphatic rings. The summed E-state index contributed by atoms with van der Waals surface area (Å²) in [6, 6.07) is 21.2. The maximum absolute atomic E-state index is 13.7. The lowest BCUT2D eigenvalue weighted by molar-refractivity contribution is -0.122. The molecule has 1 N–H and O–H groups in total. The van der Waals surface area contributed by atoms with Crippen LogP contribution in [0.3, 0.4) is 0 Å². The van der Waals surface area contributed by atoms with Gasteiger partial charge in [0.15, 0.2) is 0 Å². The number of ether oxygens (including phenoxy) is 1. The molecule has 7 nitrogen and oxygen atoms in total. The van der Waals surface area contributed by atoms with Crippen LogP contribution >= 0.6 is 0 Å². The monoisotopic (exact) mass is 481 g/mol. The number of hydrogen-bond acceptors (Lipinski definition) is 4. The van der Waals surface area contributed by atoms with E-state index in [2.05, 4.69) is 4.98 Å². The highest BCUT2D eigenvalue weighted by Crippen LogP contribution is 2.28. The van der Waals surface area contributed by atoms with Crippen molar-refractivity contribution >= 4 is 34.3 Å². The van der Waals surface area contributed by atoms with Gasteiger partial charge in [-0.1, -0.05) is 42.0 Å². The van der Waals surface area contributed by atoms with Gasteiger partial charge in [-0.05, 0) is 55.3 Å². The summed E-state index contributed by atoms with van der Waals surface area (Å²) < 4.78 is 5.30. The number of benzene rings is 3. The van der Waals surface area contributed by atoms with Gasteiger partial charge in [-0.15, -0.1) is 0 Å². The molecule has 1 unspecified atom stereocenters. The van der Waals surface area contributed by atoms with Crippen LogP contribution in [0.2, 0.25) is 0 Å². The third kappa shape index (κ3) is 4.35. The topological polar surface area (TPSA) is 82.7 Å². The summed E-state index contributed by atoms with van der Waals surface area (Å²) in [6.07, 6.45) is 2.40. The highest BCUT2D eigenvalue weighted by molar-refractivity contribution is 6.23. The van der Waals surface area contributed by atoms with Gasteiger partial charge in [0.25, 0.3) is 11.8 Å². The van der Waals surface area contributed by atoms with E-state index in [1.165, 1.54) is 16.9 Å². The molecule has 7 heteroatoms. The lowest BCUT2D eigenvalue weighted by atomic mass is 10.1. The molecule has 1 saturated heterocycles. The number of carbonyl (C=O) groups excluding carboxylic acids is 3. The average molecular weight is 482 g/mol. The fourth-order valence-electron chi connectivity index (χ4n) is 4.72. The number of nitrogens with one attached hydrogen (secondary N) is 1. The quantitative estimate of drug-likeness (QED) is 0.394. The van der Waals surface area contributed by atoms with Gasteiger partial charge < -0.3 is 14.6 Å². The summed E-state index contributed by atoms with van der Waals surface area (Å²) >= 11 is 0. The van der Waals surface area contributed by atoms with Crippen LogP contribution in [0.5, 0.6) is 5.75 Å². The van der Waals surface area contributed by atoms with Crippen molar-refractivity contribution in [3.8, 4) is 5.75 Å². The first-order valence-electron chi connectivity index (χ1n) is 11.9. The number of aryl methyl sites for hydroxylation is 1. The summed E-state index contributed by atoms with van der Waals surface area (Å²) in [5, 5.41) is 1.07. The predicted molar refractivity (Wildman–Crippen MR) is 138 cm³/mol. The number of imide groups is 1. The van der Waals surface area contributed by atoms with Crippen molar-refractivity contribution in [2.45, 2.75) is 25.8 Å². The number of fused-ring (bicyclic) bond motifs is 1. The number of H-pyrrole nitrogens is 1. The Morgan fingerprint density at radius 2 is 1.83 bits per heavy atom. The number of amides is 3. The van der Waals surface area contributed by atoms with Crippen LogP contribution in [0, 0.1) is 6.92 Å². The lowest BCUT2D eigenvalue weighted by Crippen LogP contribution is -2.46. The van der Waals surface area contributed by atoms with Crippen LogP contribution < -0.4 is 9.64 Å². The van der Waals surface area contributed by atoms with E-state index < -0.39 is 6.04 Å². The lowest BCUT2D eigenvalue weighted by Gasteiger charge is -2.28. The number of hydrogen-bond donors (Lipinski definition) is 1. The molecule has 0 radical (unpaired) electrons. The van der Waals surface area contributed by atoms with Gasteiger partial charge in [-0.25, -0.2) is 4.90 Å². The van der Waals surface area contributed by atoms with E-state index >= 15 is 0 Å². The molecule has 4 aromatic rings. The smallest absolute Gasteiger partial charge is 0.257 e. The van der Waals surface area contributed by atoms with Gasteiger partial charge in [0.1, 0.15) is 11.8 Å². The van der Waals surface area contributed by atoms with Gasteiger partial charge in [-0.3, -0.25) is 14.4 Å². The zero-order valence-corrected chi connectivity index (χ0v) is 20.2. The van der Waals surface area contributed by atoms with Gasteiger partial charge >= 0.3 is 0 Å². The molecule has 0 bridgehead atoms. The number of methoxy groups -OCH3 is 1. The van der Waals surface area contributed by atoms with Crippen LogP contribution in [0.1, 0.15) is 27.9 Å². The van der Waals surface area contributed by atoms with Crippen molar-refractivity contribution in [2.24, 2.45) is 0 Å². The maximum Gasteiger partial charge on any atom is 0.257 e. The Balaban J connectivity index is 1.47. The van der Waals surface area contributed by atoms with Gasteiger partial charge in [0.2, 0.25) is 5.91 Å². The zero-order valence-electron chi connectivity index (χ0n) is 20.2. The Hall–Kier alpha value is -4.39. The Bertz CT molecular complexity index is 1440. The summed E-state index contributed by atoms with van der Waals surface area (Å²) in [4.78, 5) is 46.3. The predicted octanol–water partition coefficient (Wildman–Crippen LogP) is 4.50.